The lowest BCUT2D eigenvalue weighted by Crippen LogP contribution is -2.19. The van der Waals surface area contributed by atoms with E-state index in [1.165, 1.54) is 12.4 Å². The molecule has 0 saturated carbocycles. The number of benzene rings is 1. The van der Waals surface area contributed by atoms with Gasteiger partial charge in [0.2, 0.25) is 5.95 Å². The third-order valence-corrected chi connectivity index (χ3v) is 3.47. The Morgan fingerprint density at radius 3 is 2.57 bits per heavy atom. The highest BCUT2D eigenvalue weighted by atomic mass is 35.5. The summed E-state index contributed by atoms with van der Waals surface area (Å²) in [5.41, 5.74) is 2.03. The monoisotopic (exact) mass is 328 g/mol. The van der Waals surface area contributed by atoms with E-state index in [4.69, 9.17) is 11.6 Å². The van der Waals surface area contributed by atoms with Crippen LogP contribution in [0.4, 0.5) is 16.2 Å². The number of urea groups is 1. The Kier molecular flexibility index (Phi) is 4.20. The third-order valence-electron chi connectivity index (χ3n) is 3.06. The number of halogens is 1. The minimum atomic E-state index is -0.399. The van der Waals surface area contributed by atoms with Crippen molar-refractivity contribution in [2.75, 3.05) is 10.6 Å². The van der Waals surface area contributed by atoms with Crippen molar-refractivity contribution < 1.29 is 4.79 Å². The Morgan fingerprint density at radius 2 is 1.91 bits per heavy atom. The van der Waals surface area contributed by atoms with Crippen LogP contribution >= 0.6 is 11.6 Å². The van der Waals surface area contributed by atoms with Crippen molar-refractivity contribution in [2.24, 2.45) is 0 Å². The van der Waals surface area contributed by atoms with Crippen molar-refractivity contribution in [2.45, 2.75) is 6.92 Å². The van der Waals surface area contributed by atoms with Gasteiger partial charge in [-0.1, -0.05) is 17.7 Å². The highest BCUT2D eigenvalue weighted by Gasteiger charge is 2.06. The van der Waals surface area contributed by atoms with Crippen LogP contribution in [0.2, 0.25) is 5.02 Å². The molecule has 3 aromatic rings. The van der Waals surface area contributed by atoms with Gasteiger partial charge in [-0.25, -0.2) is 19.7 Å². The van der Waals surface area contributed by atoms with E-state index < -0.39 is 6.03 Å². The minimum Gasteiger partial charge on any atom is -0.308 e. The van der Waals surface area contributed by atoms with Crippen LogP contribution in [0.15, 0.2) is 49.3 Å². The van der Waals surface area contributed by atoms with Crippen LogP contribution in [0.5, 0.6) is 0 Å². The Bertz CT molecular complexity index is 816. The molecule has 3 rings (SSSR count). The maximum atomic E-state index is 12.0. The van der Waals surface area contributed by atoms with Crippen LogP contribution in [0.25, 0.3) is 5.95 Å². The standard InChI is InChI=1S/C15H13ClN6O/c1-10-2-3-11(6-13(10)16)20-15(23)21-12-7-18-14(19-8-12)22-5-4-17-9-22/h2-9H,1H3,(H2,20,21,23). The molecule has 2 N–H and O–H groups in total. The quantitative estimate of drug-likeness (QED) is 0.772. The van der Waals surface area contributed by atoms with Gasteiger partial charge in [-0.3, -0.25) is 4.57 Å². The van der Waals surface area contributed by atoms with Crippen molar-refractivity contribution in [1.82, 2.24) is 19.5 Å². The number of aryl methyl sites for hydroxylation is 1. The molecule has 0 bridgehead atoms. The van der Waals surface area contributed by atoms with Gasteiger partial charge in [0, 0.05) is 23.1 Å². The molecular weight excluding hydrogens is 316 g/mol. The van der Waals surface area contributed by atoms with Crippen molar-refractivity contribution in [3.8, 4) is 5.95 Å². The second-order valence-corrected chi connectivity index (χ2v) is 5.19. The zero-order valence-corrected chi connectivity index (χ0v) is 12.9. The molecule has 0 aliphatic heterocycles. The van der Waals surface area contributed by atoms with Crippen LogP contribution in [-0.2, 0) is 0 Å². The second kappa shape index (κ2) is 6.45. The molecule has 0 unspecified atom stereocenters. The summed E-state index contributed by atoms with van der Waals surface area (Å²) in [5, 5.41) is 5.94. The summed E-state index contributed by atoms with van der Waals surface area (Å²) in [6.07, 6.45) is 8.00. The molecule has 0 spiro atoms. The summed E-state index contributed by atoms with van der Waals surface area (Å²) in [7, 11) is 0. The van der Waals surface area contributed by atoms with Gasteiger partial charge in [0.25, 0.3) is 0 Å². The maximum Gasteiger partial charge on any atom is 0.323 e. The fourth-order valence-electron chi connectivity index (χ4n) is 1.86. The number of amides is 2. The summed E-state index contributed by atoms with van der Waals surface area (Å²) in [4.78, 5) is 24.2. The summed E-state index contributed by atoms with van der Waals surface area (Å²) in [6, 6.07) is 4.90. The van der Waals surface area contributed by atoms with E-state index in [0.717, 1.165) is 5.56 Å². The average Bonchev–Trinajstić information content (AvgIpc) is 3.06. The molecule has 2 amide bonds. The minimum absolute atomic E-state index is 0.399. The fraction of sp³-hybridized carbons (Fsp3) is 0.0667. The summed E-state index contributed by atoms with van der Waals surface area (Å²) in [5.74, 6) is 0.471. The first-order chi connectivity index (χ1) is 11.1. The molecule has 0 radical (unpaired) electrons. The highest BCUT2D eigenvalue weighted by Crippen LogP contribution is 2.20. The van der Waals surface area contributed by atoms with Gasteiger partial charge >= 0.3 is 6.03 Å². The lowest BCUT2D eigenvalue weighted by molar-refractivity contribution is 0.262. The largest absolute Gasteiger partial charge is 0.323 e. The molecule has 0 aliphatic carbocycles. The number of nitrogens with one attached hydrogen (secondary N) is 2. The van der Waals surface area contributed by atoms with Crippen molar-refractivity contribution >= 4 is 29.0 Å². The molecular formula is C15H13ClN6O. The van der Waals surface area contributed by atoms with E-state index in [1.54, 1.807) is 35.4 Å². The van der Waals surface area contributed by atoms with Gasteiger partial charge in [-0.2, -0.15) is 0 Å². The van der Waals surface area contributed by atoms with Crippen LogP contribution in [0.1, 0.15) is 5.56 Å². The van der Waals surface area contributed by atoms with Crippen molar-refractivity contribution in [1.29, 1.82) is 0 Å². The maximum absolute atomic E-state index is 12.0. The fourth-order valence-corrected chi connectivity index (χ4v) is 2.04. The molecule has 0 fully saturated rings. The van der Waals surface area contributed by atoms with Crippen molar-refractivity contribution in [3.63, 3.8) is 0 Å². The van der Waals surface area contributed by atoms with Gasteiger partial charge in [-0.05, 0) is 24.6 Å². The molecule has 23 heavy (non-hydrogen) atoms. The van der Waals surface area contributed by atoms with Crippen LogP contribution in [-0.4, -0.2) is 25.6 Å². The van der Waals surface area contributed by atoms with E-state index in [0.29, 0.717) is 22.3 Å². The van der Waals surface area contributed by atoms with Gasteiger partial charge in [0.15, 0.2) is 0 Å². The number of carbonyl (C=O) groups excluding carboxylic acids is 1. The first-order valence-electron chi connectivity index (χ1n) is 6.76. The molecule has 2 aromatic heterocycles. The Hall–Kier alpha value is -2.93. The molecule has 0 atom stereocenters. The number of hydrogen-bond acceptors (Lipinski definition) is 4. The van der Waals surface area contributed by atoms with E-state index in [-0.39, 0.29) is 0 Å². The van der Waals surface area contributed by atoms with E-state index in [9.17, 15) is 4.79 Å². The molecule has 8 heteroatoms. The van der Waals surface area contributed by atoms with E-state index in [2.05, 4.69) is 25.6 Å². The molecule has 116 valence electrons. The number of hydrogen-bond donors (Lipinski definition) is 2. The Labute approximate surface area is 137 Å². The van der Waals surface area contributed by atoms with Gasteiger partial charge in [-0.15, -0.1) is 0 Å². The van der Waals surface area contributed by atoms with Crippen molar-refractivity contribution in [3.05, 3.63) is 59.9 Å². The predicted octanol–water partition coefficient (Wildman–Crippen LogP) is 3.27. The number of nitrogens with zero attached hydrogens (tertiary/aromatic N) is 4. The average molecular weight is 329 g/mol. The number of aromatic nitrogens is 4. The number of rotatable bonds is 3. The SMILES string of the molecule is Cc1ccc(NC(=O)Nc2cnc(-n3ccnc3)nc2)cc1Cl. The predicted molar refractivity (Wildman–Crippen MR) is 88.0 cm³/mol. The summed E-state index contributed by atoms with van der Waals surface area (Å²) >= 11 is 6.02. The molecule has 1 aromatic carbocycles. The number of imidazole rings is 1. The topological polar surface area (TPSA) is 84.7 Å². The lowest BCUT2D eigenvalue weighted by atomic mass is 10.2. The van der Waals surface area contributed by atoms with E-state index in [1.807, 2.05) is 13.0 Å². The van der Waals surface area contributed by atoms with Gasteiger partial charge < -0.3 is 10.6 Å². The molecule has 0 aliphatic rings. The Morgan fingerprint density at radius 1 is 1.17 bits per heavy atom. The first-order valence-corrected chi connectivity index (χ1v) is 7.14. The zero-order chi connectivity index (χ0) is 16.2. The highest BCUT2D eigenvalue weighted by molar-refractivity contribution is 6.31. The first kappa shape index (κ1) is 15.0. The van der Waals surface area contributed by atoms with Crippen LogP contribution < -0.4 is 10.6 Å². The second-order valence-electron chi connectivity index (χ2n) is 4.78. The molecule has 0 saturated heterocycles. The van der Waals surface area contributed by atoms with Crippen LogP contribution in [0, 0.1) is 6.92 Å². The van der Waals surface area contributed by atoms with Crippen LogP contribution in [0.3, 0.4) is 0 Å². The number of anilines is 2. The van der Waals surface area contributed by atoms with E-state index >= 15 is 0 Å². The summed E-state index contributed by atoms with van der Waals surface area (Å²) < 4.78 is 1.66. The normalized spacial score (nSPS) is 10.3. The van der Waals surface area contributed by atoms with Gasteiger partial charge in [0.05, 0.1) is 18.1 Å². The Balaban J connectivity index is 1.64. The molecule has 2 heterocycles. The smallest absolute Gasteiger partial charge is 0.308 e. The zero-order valence-electron chi connectivity index (χ0n) is 12.2. The van der Waals surface area contributed by atoms with Gasteiger partial charge in [0.1, 0.15) is 6.33 Å². The third kappa shape index (κ3) is 3.64. The molecule has 7 nitrogen and oxygen atoms in total. The summed E-state index contributed by atoms with van der Waals surface area (Å²) in [6.45, 7) is 1.89. The lowest BCUT2D eigenvalue weighted by Gasteiger charge is -2.08. The number of carbonyl (C=O) groups is 1.